The molecule has 3 nitrogen and oxygen atoms in total. The smallest absolute Gasteiger partial charge is 0.0885 e. The van der Waals surface area contributed by atoms with Gasteiger partial charge in [-0.1, -0.05) is 30.3 Å². The standard InChI is InChI=1S/C17H15N3/c1-12-3-8-16(19-9-12)14-4-6-15(7-5-14)17-11-18-13(2)10-20-17/h3-11H,1-2H3. The molecule has 0 aliphatic heterocycles. The summed E-state index contributed by atoms with van der Waals surface area (Å²) < 4.78 is 0. The van der Waals surface area contributed by atoms with E-state index in [-0.39, 0.29) is 0 Å². The van der Waals surface area contributed by atoms with Gasteiger partial charge >= 0.3 is 0 Å². The minimum Gasteiger partial charge on any atom is -0.258 e. The van der Waals surface area contributed by atoms with Crippen molar-refractivity contribution in [1.82, 2.24) is 15.0 Å². The van der Waals surface area contributed by atoms with Gasteiger partial charge in [-0.25, -0.2) is 0 Å². The molecule has 0 bridgehead atoms. The number of hydrogen-bond acceptors (Lipinski definition) is 3. The second kappa shape index (κ2) is 5.21. The lowest BCUT2D eigenvalue weighted by molar-refractivity contribution is 1.12. The van der Waals surface area contributed by atoms with Gasteiger partial charge in [-0.15, -0.1) is 0 Å². The highest BCUT2D eigenvalue weighted by Crippen LogP contribution is 2.22. The predicted octanol–water partition coefficient (Wildman–Crippen LogP) is 3.82. The topological polar surface area (TPSA) is 38.7 Å². The molecule has 0 atom stereocenters. The second-order valence-corrected chi connectivity index (χ2v) is 4.84. The molecule has 2 heterocycles. The van der Waals surface area contributed by atoms with Crippen LogP contribution >= 0.6 is 0 Å². The van der Waals surface area contributed by atoms with Crippen molar-refractivity contribution < 1.29 is 0 Å². The van der Waals surface area contributed by atoms with Gasteiger partial charge in [0.25, 0.3) is 0 Å². The summed E-state index contributed by atoms with van der Waals surface area (Å²) >= 11 is 0. The van der Waals surface area contributed by atoms with E-state index in [4.69, 9.17) is 0 Å². The molecule has 2 aromatic heterocycles. The predicted molar refractivity (Wildman–Crippen MR) is 80.2 cm³/mol. The normalized spacial score (nSPS) is 10.5. The van der Waals surface area contributed by atoms with Crippen LogP contribution in [0.2, 0.25) is 0 Å². The number of hydrogen-bond donors (Lipinski definition) is 0. The minimum atomic E-state index is 0.888. The van der Waals surface area contributed by atoms with Gasteiger partial charge in [-0.2, -0.15) is 0 Å². The van der Waals surface area contributed by atoms with Gasteiger partial charge in [0, 0.05) is 23.5 Å². The number of aromatic nitrogens is 3. The lowest BCUT2D eigenvalue weighted by Crippen LogP contribution is -1.88. The molecule has 0 aliphatic carbocycles. The van der Waals surface area contributed by atoms with Crippen molar-refractivity contribution in [2.24, 2.45) is 0 Å². The van der Waals surface area contributed by atoms with Crippen molar-refractivity contribution in [3.8, 4) is 22.5 Å². The maximum absolute atomic E-state index is 4.43. The van der Waals surface area contributed by atoms with E-state index in [1.807, 2.05) is 26.1 Å². The molecule has 0 fully saturated rings. The Hall–Kier alpha value is -2.55. The molecule has 0 unspecified atom stereocenters. The summed E-state index contributed by atoms with van der Waals surface area (Å²) in [7, 11) is 0. The van der Waals surface area contributed by atoms with Crippen LogP contribution < -0.4 is 0 Å². The average molecular weight is 261 g/mol. The maximum atomic E-state index is 4.43. The molecule has 0 amide bonds. The van der Waals surface area contributed by atoms with E-state index in [9.17, 15) is 0 Å². The van der Waals surface area contributed by atoms with E-state index in [0.717, 1.165) is 28.2 Å². The molecule has 1 aromatic carbocycles. The van der Waals surface area contributed by atoms with E-state index >= 15 is 0 Å². The highest BCUT2D eigenvalue weighted by atomic mass is 14.8. The Labute approximate surface area is 118 Å². The number of benzene rings is 1. The Balaban J connectivity index is 1.91. The Morgan fingerprint density at radius 2 is 1.25 bits per heavy atom. The van der Waals surface area contributed by atoms with Gasteiger partial charge in [0.1, 0.15) is 0 Å². The van der Waals surface area contributed by atoms with Crippen molar-refractivity contribution in [1.29, 1.82) is 0 Å². The fourth-order valence-corrected chi connectivity index (χ4v) is 1.99. The first kappa shape index (κ1) is 12.5. The SMILES string of the molecule is Cc1ccc(-c2ccc(-c3cnc(C)cn3)cc2)nc1. The third kappa shape index (κ3) is 2.57. The Morgan fingerprint density at radius 3 is 1.80 bits per heavy atom. The first-order valence-electron chi connectivity index (χ1n) is 6.54. The van der Waals surface area contributed by atoms with Gasteiger partial charge in [0.05, 0.1) is 23.3 Å². The van der Waals surface area contributed by atoms with Crippen LogP contribution in [-0.2, 0) is 0 Å². The molecule has 0 saturated heterocycles. The zero-order valence-corrected chi connectivity index (χ0v) is 11.5. The summed E-state index contributed by atoms with van der Waals surface area (Å²) in [6.07, 6.45) is 5.47. The first-order chi connectivity index (χ1) is 9.72. The van der Waals surface area contributed by atoms with Crippen molar-refractivity contribution >= 4 is 0 Å². The number of rotatable bonds is 2. The van der Waals surface area contributed by atoms with Crippen LogP contribution in [0.3, 0.4) is 0 Å². The van der Waals surface area contributed by atoms with Crippen LogP contribution in [0.4, 0.5) is 0 Å². The zero-order chi connectivity index (χ0) is 13.9. The molecule has 3 aromatic rings. The summed E-state index contributed by atoms with van der Waals surface area (Å²) in [5.74, 6) is 0. The van der Waals surface area contributed by atoms with E-state index < -0.39 is 0 Å². The molecule has 3 heteroatoms. The van der Waals surface area contributed by atoms with Crippen molar-refractivity contribution in [3.05, 3.63) is 66.2 Å². The summed E-state index contributed by atoms with van der Waals surface area (Å²) in [4.78, 5) is 13.1. The van der Waals surface area contributed by atoms with E-state index in [1.54, 1.807) is 12.4 Å². The number of nitrogens with zero attached hydrogens (tertiary/aromatic N) is 3. The lowest BCUT2D eigenvalue weighted by atomic mass is 10.1. The fourth-order valence-electron chi connectivity index (χ4n) is 1.99. The molecule has 0 aliphatic rings. The summed E-state index contributed by atoms with van der Waals surface area (Å²) in [5, 5.41) is 0. The molecular weight excluding hydrogens is 246 g/mol. The molecule has 0 saturated carbocycles. The zero-order valence-electron chi connectivity index (χ0n) is 11.5. The van der Waals surface area contributed by atoms with Gasteiger partial charge in [-0.05, 0) is 25.5 Å². The maximum Gasteiger partial charge on any atom is 0.0885 e. The van der Waals surface area contributed by atoms with Crippen LogP contribution in [0.5, 0.6) is 0 Å². The monoisotopic (exact) mass is 261 g/mol. The Kier molecular flexibility index (Phi) is 3.25. The highest BCUT2D eigenvalue weighted by molar-refractivity contribution is 5.66. The second-order valence-electron chi connectivity index (χ2n) is 4.84. The van der Waals surface area contributed by atoms with Gasteiger partial charge < -0.3 is 0 Å². The first-order valence-corrected chi connectivity index (χ1v) is 6.54. The molecule has 20 heavy (non-hydrogen) atoms. The number of pyridine rings is 1. The van der Waals surface area contributed by atoms with Crippen molar-refractivity contribution in [2.75, 3.05) is 0 Å². The fraction of sp³-hybridized carbons (Fsp3) is 0.118. The van der Waals surface area contributed by atoms with Gasteiger partial charge in [-0.3, -0.25) is 15.0 Å². The van der Waals surface area contributed by atoms with Crippen LogP contribution in [0.1, 0.15) is 11.3 Å². The van der Waals surface area contributed by atoms with Crippen LogP contribution in [-0.4, -0.2) is 15.0 Å². The minimum absolute atomic E-state index is 0.888. The van der Waals surface area contributed by atoms with Crippen LogP contribution in [0.15, 0.2) is 55.0 Å². The summed E-state index contributed by atoms with van der Waals surface area (Å²) in [6.45, 7) is 3.97. The van der Waals surface area contributed by atoms with Crippen molar-refractivity contribution in [2.45, 2.75) is 13.8 Å². The third-order valence-electron chi connectivity index (χ3n) is 3.17. The molecule has 0 radical (unpaired) electrons. The van der Waals surface area contributed by atoms with Crippen molar-refractivity contribution in [3.63, 3.8) is 0 Å². The molecular formula is C17H15N3. The van der Waals surface area contributed by atoms with E-state index in [2.05, 4.69) is 45.3 Å². The largest absolute Gasteiger partial charge is 0.258 e. The van der Waals surface area contributed by atoms with Gasteiger partial charge in [0.15, 0.2) is 0 Å². The van der Waals surface area contributed by atoms with Crippen LogP contribution in [0, 0.1) is 13.8 Å². The van der Waals surface area contributed by atoms with Crippen LogP contribution in [0.25, 0.3) is 22.5 Å². The quantitative estimate of drug-likeness (QED) is 0.704. The average Bonchev–Trinajstić information content (AvgIpc) is 2.49. The molecule has 3 rings (SSSR count). The number of aryl methyl sites for hydroxylation is 2. The molecule has 0 N–H and O–H groups in total. The Morgan fingerprint density at radius 1 is 0.600 bits per heavy atom. The van der Waals surface area contributed by atoms with E-state index in [0.29, 0.717) is 0 Å². The Bertz CT molecular complexity index is 634. The highest BCUT2D eigenvalue weighted by Gasteiger charge is 2.02. The molecule has 0 spiro atoms. The summed E-state index contributed by atoms with van der Waals surface area (Å²) in [5.41, 5.74) is 6.13. The lowest BCUT2D eigenvalue weighted by Gasteiger charge is -2.04. The molecule has 98 valence electrons. The van der Waals surface area contributed by atoms with Gasteiger partial charge in [0.2, 0.25) is 0 Å². The van der Waals surface area contributed by atoms with E-state index in [1.165, 1.54) is 5.56 Å². The summed E-state index contributed by atoms with van der Waals surface area (Å²) in [6, 6.07) is 12.3. The third-order valence-corrected chi connectivity index (χ3v) is 3.17.